The number of nitrogens with zero attached hydrogens (tertiary/aromatic N) is 1. The molecule has 0 aliphatic heterocycles. The molecule has 0 fully saturated rings. The summed E-state index contributed by atoms with van der Waals surface area (Å²) in [6, 6.07) is 24.0. The number of benzene rings is 3. The third-order valence-electron chi connectivity index (χ3n) is 4.78. The van der Waals surface area contributed by atoms with E-state index < -0.39 is 0 Å². The molecule has 0 bridgehead atoms. The van der Waals surface area contributed by atoms with Gasteiger partial charge >= 0.3 is 0 Å². The molecule has 3 heteroatoms. The van der Waals surface area contributed by atoms with Gasteiger partial charge in [-0.05, 0) is 68.0 Å². The summed E-state index contributed by atoms with van der Waals surface area (Å²) in [5.41, 5.74) is 4.15. The summed E-state index contributed by atoms with van der Waals surface area (Å²) in [6.45, 7) is 10.6. The molecular formula is C26H27NO2. The van der Waals surface area contributed by atoms with Gasteiger partial charge in [0.05, 0.1) is 19.8 Å². The van der Waals surface area contributed by atoms with Crippen molar-refractivity contribution in [3.63, 3.8) is 0 Å². The highest BCUT2D eigenvalue weighted by Gasteiger charge is 2.00. The Morgan fingerprint density at radius 2 is 1.07 bits per heavy atom. The topological polar surface area (TPSA) is 22.8 Å². The Balaban J connectivity index is 1.29. The Morgan fingerprint density at radius 1 is 0.621 bits per heavy atom. The van der Waals surface area contributed by atoms with Crippen LogP contribution in [0.4, 0.5) is 5.69 Å². The van der Waals surface area contributed by atoms with Gasteiger partial charge in [-0.1, -0.05) is 54.1 Å². The van der Waals surface area contributed by atoms with E-state index >= 15 is 0 Å². The molecular weight excluding hydrogens is 358 g/mol. The largest absolute Gasteiger partial charge is 0.494 e. The van der Waals surface area contributed by atoms with Gasteiger partial charge in [0.25, 0.3) is 0 Å². The average Bonchev–Trinajstić information content (AvgIpc) is 2.77. The molecule has 0 amide bonds. The maximum absolute atomic E-state index is 7.02. The summed E-state index contributed by atoms with van der Waals surface area (Å²) in [4.78, 5) is 3.42. The second-order valence-electron chi connectivity index (χ2n) is 7.11. The summed E-state index contributed by atoms with van der Waals surface area (Å²) < 4.78 is 11.6. The number of ether oxygens (including phenoxy) is 2. The predicted octanol–water partition coefficient (Wildman–Crippen LogP) is 7.23. The van der Waals surface area contributed by atoms with E-state index in [0.717, 1.165) is 61.5 Å². The van der Waals surface area contributed by atoms with E-state index in [4.69, 9.17) is 16.0 Å². The van der Waals surface area contributed by atoms with Crippen LogP contribution >= 0.6 is 0 Å². The van der Waals surface area contributed by atoms with Crippen molar-refractivity contribution in [2.45, 2.75) is 32.6 Å². The molecule has 0 heterocycles. The fraction of sp³-hybridized carbons (Fsp3) is 0.269. The number of hydrogen-bond acceptors (Lipinski definition) is 2. The smallest absolute Gasteiger partial charge is 0.187 e. The highest BCUT2D eigenvalue weighted by Crippen LogP contribution is 2.25. The molecule has 0 saturated heterocycles. The molecule has 29 heavy (non-hydrogen) atoms. The van der Waals surface area contributed by atoms with Crippen LogP contribution < -0.4 is 9.47 Å². The summed E-state index contributed by atoms with van der Waals surface area (Å²) >= 11 is 0. The molecule has 0 saturated carbocycles. The minimum Gasteiger partial charge on any atom is -0.494 e. The minimum atomic E-state index is 0.662. The van der Waals surface area contributed by atoms with Gasteiger partial charge in [-0.3, -0.25) is 0 Å². The van der Waals surface area contributed by atoms with Crippen molar-refractivity contribution in [3.05, 3.63) is 89.8 Å². The lowest BCUT2D eigenvalue weighted by Crippen LogP contribution is -1.99. The fourth-order valence-corrected chi connectivity index (χ4v) is 3.04. The monoisotopic (exact) mass is 385 g/mol. The highest BCUT2D eigenvalue weighted by molar-refractivity contribution is 5.66. The van der Waals surface area contributed by atoms with Crippen LogP contribution in [0.25, 0.3) is 16.0 Å². The Hall–Kier alpha value is -3.25. The quantitative estimate of drug-likeness (QED) is 0.271. The third-order valence-corrected chi connectivity index (χ3v) is 4.78. The van der Waals surface area contributed by atoms with E-state index in [9.17, 15) is 0 Å². The van der Waals surface area contributed by atoms with Gasteiger partial charge in [0.2, 0.25) is 0 Å². The van der Waals surface area contributed by atoms with E-state index in [2.05, 4.69) is 36.0 Å². The number of unbranched alkanes of at least 4 members (excludes halogenated alkanes) is 3. The lowest BCUT2D eigenvalue weighted by atomic mass is 10.1. The van der Waals surface area contributed by atoms with E-state index in [1.165, 1.54) is 5.56 Å². The first-order valence-corrected chi connectivity index (χ1v) is 10.1. The van der Waals surface area contributed by atoms with Gasteiger partial charge in [-0.25, -0.2) is 4.85 Å². The molecule has 0 radical (unpaired) electrons. The molecule has 3 aromatic rings. The van der Waals surface area contributed by atoms with E-state index in [1.54, 1.807) is 0 Å². The Kier molecular flexibility index (Phi) is 7.72. The summed E-state index contributed by atoms with van der Waals surface area (Å²) in [7, 11) is 0. The van der Waals surface area contributed by atoms with Gasteiger partial charge in [-0.2, -0.15) is 0 Å². The first-order valence-electron chi connectivity index (χ1n) is 10.1. The molecule has 0 aliphatic carbocycles. The molecule has 0 aliphatic rings. The van der Waals surface area contributed by atoms with Gasteiger partial charge in [-0.15, -0.1) is 0 Å². The summed E-state index contributed by atoms with van der Waals surface area (Å²) in [5, 5.41) is 0. The second-order valence-corrected chi connectivity index (χ2v) is 7.11. The predicted molar refractivity (Wildman–Crippen MR) is 119 cm³/mol. The first kappa shape index (κ1) is 20.5. The van der Waals surface area contributed by atoms with E-state index in [0.29, 0.717) is 5.69 Å². The van der Waals surface area contributed by atoms with Crippen molar-refractivity contribution in [2.24, 2.45) is 0 Å². The van der Waals surface area contributed by atoms with Gasteiger partial charge in [0.15, 0.2) is 5.69 Å². The zero-order chi connectivity index (χ0) is 20.3. The maximum atomic E-state index is 7.02. The van der Waals surface area contributed by atoms with Crippen LogP contribution in [0, 0.1) is 13.5 Å². The molecule has 0 unspecified atom stereocenters. The highest BCUT2D eigenvalue weighted by atomic mass is 16.5. The number of rotatable bonds is 10. The molecule has 3 aromatic carbocycles. The van der Waals surface area contributed by atoms with Crippen molar-refractivity contribution in [1.29, 1.82) is 0 Å². The molecule has 3 rings (SSSR count). The molecule has 0 spiro atoms. The van der Waals surface area contributed by atoms with Crippen LogP contribution in [0.3, 0.4) is 0 Å². The first-order chi connectivity index (χ1) is 14.2. The van der Waals surface area contributed by atoms with E-state index in [-0.39, 0.29) is 0 Å². The standard InChI is InChI=1S/C26H27NO2/c1-21-7-15-25(16-8-21)28-19-5-3-4-6-20-29-26-17-11-23(12-18-26)22-9-13-24(27-2)14-10-22/h7-18H,3-6,19-20H2,1H3. The average molecular weight is 386 g/mol. The Bertz CT molecular complexity index is 907. The minimum absolute atomic E-state index is 0.662. The molecule has 0 N–H and O–H groups in total. The Morgan fingerprint density at radius 3 is 1.55 bits per heavy atom. The molecule has 148 valence electrons. The van der Waals surface area contributed by atoms with Gasteiger partial charge in [0, 0.05) is 0 Å². The van der Waals surface area contributed by atoms with E-state index in [1.807, 2.05) is 48.5 Å². The zero-order valence-corrected chi connectivity index (χ0v) is 16.9. The fourth-order valence-electron chi connectivity index (χ4n) is 3.04. The van der Waals surface area contributed by atoms with Gasteiger partial charge < -0.3 is 9.47 Å². The third kappa shape index (κ3) is 6.69. The normalized spacial score (nSPS) is 10.3. The van der Waals surface area contributed by atoms with Crippen molar-refractivity contribution in [1.82, 2.24) is 0 Å². The van der Waals surface area contributed by atoms with Crippen LogP contribution in [0.5, 0.6) is 11.5 Å². The molecule has 3 nitrogen and oxygen atoms in total. The van der Waals surface area contributed by atoms with Crippen molar-refractivity contribution in [3.8, 4) is 22.6 Å². The lowest BCUT2D eigenvalue weighted by Gasteiger charge is -2.08. The van der Waals surface area contributed by atoms with Crippen molar-refractivity contribution < 1.29 is 9.47 Å². The SMILES string of the molecule is [C-]#[N+]c1ccc(-c2ccc(OCCCCCCOc3ccc(C)cc3)cc2)cc1. The summed E-state index contributed by atoms with van der Waals surface area (Å²) in [5.74, 6) is 1.85. The number of aryl methyl sites for hydroxylation is 1. The maximum Gasteiger partial charge on any atom is 0.187 e. The van der Waals surface area contributed by atoms with Crippen LogP contribution in [0.15, 0.2) is 72.8 Å². The van der Waals surface area contributed by atoms with Gasteiger partial charge in [0.1, 0.15) is 11.5 Å². The second kappa shape index (κ2) is 10.9. The molecule has 0 aromatic heterocycles. The zero-order valence-electron chi connectivity index (χ0n) is 16.9. The van der Waals surface area contributed by atoms with Crippen LogP contribution in [0.1, 0.15) is 31.2 Å². The van der Waals surface area contributed by atoms with Crippen LogP contribution in [-0.4, -0.2) is 13.2 Å². The Labute approximate surface area is 173 Å². The van der Waals surface area contributed by atoms with Crippen LogP contribution in [-0.2, 0) is 0 Å². The van der Waals surface area contributed by atoms with Crippen molar-refractivity contribution in [2.75, 3.05) is 13.2 Å². The number of hydrogen-bond donors (Lipinski definition) is 0. The van der Waals surface area contributed by atoms with Crippen LogP contribution in [0.2, 0.25) is 0 Å². The molecule has 0 atom stereocenters. The lowest BCUT2D eigenvalue weighted by molar-refractivity contribution is 0.287. The van der Waals surface area contributed by atoms with Crippen molar-refractivity contribution >= 4 is 5.69 Å². The summed E-state index contributed by atoms with van der Waals surface area (Å²) in [6.07, 6.45) is 4.40.